The maximum Gasteiger partial charge on any atom is 0.186 e. The van der Waals surface area contributed by atoms with Gasteiger partial charge in [0.25, 0.3) is 0 Å². The van der Waals surface area contributed by atoms with Gasteiger partial charge in [-0.05, 0) is 25.1 Å². The first-order valence-electron chi connectivity index (χ1n) is 5.47. The van der Waals surface area contributed by atoms with Crippen molar-refractivity contribution in [2.24, 2.45) is 0 Å². The Kier molecular flexibility index (Phi) is 3.24. The summed E-state index contributed by atoms with van der Waals surface area (Å²) in [4.78, 5) is 11.9. The summed E-state index contributed by atoms with van der Waals surface area (Å²) in [6, 6.07) is 14.7. The average Bonchev–Trinajstić information content (AvgIpc) is 2.54. The molecule has 2 aromatic carbocycles. The Bertz CT molecular complexity index is 588. The largest absolute Gasteiger partial charge is 0.496 e. The number of benzene rings is 1. The number of hydrogen-bond donors (Lipinski definition) is 0. The van der Waals surface area contributed by atoms with E-state index in [1.54, 1.807) is 19.2 Å². The van der Waals surface area contributed by atoms with E-state index in [1.165, 1.54) is 0 Å². The van der Waals surface area contributed by atoms with Gasteiger partial charge < -0.3 is 4.74 Å². The molecule has 0 fully saturated rings. The minimum absolute atomic E-state index is 0.00102. The van der Waals surface area contributed by atoms with Gasteiger partial charge in [-0.15, -0.1) is 0 Å². The van der Waals surface area contributed by atoms with Gasteiger partial charge in [0.15, 0.2) is 5.43 Å². The summed E-state index contributed by atoms with van der Waals surface area (Å²) in [5, 5.41) is 0. The molecule has 0 aliphatic carbocycles. The van der Waals surface area contributed by atoms with Crippen LogP contribution in [-0.2, 0) is 0 Å². The molecular formula is C15H14O2. The van der Waals surface area contributed by atoms with E-state index < -0.39 is 0 Å². The summed E-state index contributed by atoms with van der Waals surface area (Å²) in [6.45, 7) is 2.00. The van der Waals surface area contributed by atoms with Crippen LogP contribution in [-0.4, -0.2) is 7.11 Å². The van der Waals surface area contributed by atoms with Crippen molar-refractivity contribution in [1.82, 2.24) is 0 Å². The second-order valence-corrected chi connectivity index (χ2v) is 3.89. The van der Waals surface area contributed by atoms with E-state index in [-0.39, 0.29) is 5.43 Å². The number of hydrogen-bond acceptors (Lipinski definition) is 2. The first-order chi connectivity index (χ1) is 8.22. The van der Waals surface area contributed by atoms with E-state index >= 15 is 0 Å². The highest BCUT2D eigenvalue weighted by molar-refractivity contribution is 5.70. The molecule has 86 valence electrons. The summed E-state index contributed by atoms with van der Waals surface area (Å²) in [5.74, 6) is 0.721. The Hall–Kier alpha value is -2.09. The van der Waals surface area contributed by atoms with Crippen LogP contribution in [0.5, 0.6) is 5.75 Å². The highest BCUT2D eigenvalue weighted by atomic mass is 16.5. The van der Waals surface area contributed by atoms with Crippen LogP contribution < -0.4 is 10.2 Å². The van der Waals surface area contributed by atoms with Crippen molar-refractivity contribution in [3.05, 3.63) is 64.3 Å². The topological polar surface area (TPSA) is 26.3 Å². The van der Waals surface area contributed by atoms with E-state index in [0.29, 0.717) is 5.56 Å². The van der Waals surface area contributed by atoms with Crippen molar-refractivity contribution in [2.75, 3.05) is 7.11 Å². The molecule has 0 aliphatic heterocycles. The second-order valence-electron chi connectivity index (χ2n) is 3.89. The van der Waals surface area contributed by atoms with E-state index in [2.05, 4.69) is 0 Å². The molecule has 2 heteroatoms. The van der Waals surface area contributed by atoms with Crippen molar-refractivity contribution < 1.29 is 4.74 Å². The molecule has 0 aliphatic rings. The summed E-state index contributed by atoms with van der Waals surface area (Å²) in [7, 11) is 1.61. The fraction of sp³-hybridized carbons (Fsp3) is 0.133. The third kappa shape index (κ3) is 2.36. The van der Waals surface area contributed by atoms with E-state index in [0.717, 1.165) is 16.9 Å². The van der Waals surface area contributed by atoms with Crippen molar-refractivity contribution in [1.29, 1.82) is 0 Å². The minimum Gasteiger partial charge on any atom is -0.496 e. The molecule has 0 amide bonds. The normalized spacial score (nSPS) is 10.0. The molecule has 0 saturated heterocycles. The highest BCUT2D eigenvalue weighted by Gasteiger charge is 2.07. The molecule has 0 spiro atoms. The Morgan fingerprint density at radius 3 is 2.47 bits per heavy atom. The van der Waals surface area contributed by atoms with Gasteiger partial charge in [0, 0.05) is 11.1 Å². The van der Waals surface area contributed by atoms with Gasteiger partial charge in [0.1, 0.15) is 5.75 Å². The number of aryl methyl sites for hydroxylation is 1. The van der Waals surface area contributed by atoms with Gasteiger partial charge in [-0.1, -0.05) is 35.9 Å². The van der Waals surface area contributed by atoms with Crippen molar-refractivity contribution >= 4 is 0 Å². The Morgan fingerprint density at radius 2 is 1.71 bits per heavy atom. The number of rotatable bonds is 2. The second kappa shape index (κ2) is 4.83. The van der Waals surface area contributed by atoms with Gasteiger partial charge in [-0.3, -0.25) is 4.79 Å². The molecule has 2 nitrogen and oxygen atoms in total. The number of ether oxygens (including phenoxy) is 1. The van der Waals surface area contributed by atoms with Gasteiger partial charge in [0.2, 0.25) is 0 Å². The maximum atomic E-state index is 11.9. The van der Waals surface area contributed by atoms with E-state index in [1.807, 2.05) is 43.3 Å². The van der Waals surface area contributed by atoms with Crippen LogP contribution in [0.25, 0.3) is 11.1 Å². The Morgan fingerprint density at radius 1 is 0.941 bits per heavy atom. The zero-order valence-electron chi connectivity index (χ0n) is 9.94. The first-order valence-corrected chi connectivity index (χ1v) is 5.47. The molecule has 2 rings (SSSR count). The minimum atomic E-state index is -0.00102. The standard InChI is InChI=1S/C15H14O2/c1-11-8-9-15(17-2)13(10-11)12-6-4-3-5-7-14(12)16/h3-10H,1-2H3. The van der Waals surface area contributed by atoms with Gasteiger partial charge >= 0.3 is 0 Å². The summed E-state index contributed by atoms with van der Waals surface area (Å²) < 4.78 is 5.30. The lowest BCUT2D eigenvalue weighted by Crippen LogP contribution is -2.00. The molecule has 0 aromatic heterocycles. The predicted octanol–water partition coefficient (Wildman–Crippen LogP) is 3.03. The molecule has 0 radical (unpaired) electrons. The summed E-state index contributed by atoms with van der Waals surface area (Å²) >= 11 is 0. The van der Waals surface area contributed by atoms with Crippen LogP contribution in [0.2, 0.25) is 0 Å². The van der Waals surface area contributed by atoms with Crippen LogP contribution in [0.4, 0.5) is 0 Å². The Labute approximate surface area is 101 Å². The molecule has 17 heavy (non-hydrogen) atoms. The van der Waals surface area contributed by atoms with E-state index in [9.17, 15) is 4.79 Å². The molecular weight excluding hydrogens is 212 g/mol. The highest BCUT2D eigenvalue weighted by Crippen LogP contribution is 2.28. The molecule has 0 saturated carbocycles. The van der Waals surface area contributed by atoms with Gasteiger partial charge in [0.05, 0.1) is 7.11 Å². The SMILES string of the molecule is COc1ccc(C)cc1-c1cccccc1=O. The van der Waals surface area contributed by atoms with Crippen molar-refractivity contribution in [3.8, 4) is 16.9 Å². The van der Waals surface area contributed by atoms with Crippen LogP contribution >= 0.6 is 0 Å². The smallest absolute Gasteiger partial charge is 0.186 e. The van der Waals surface area contributed by atoms with E-state index in [4.69, 9.17) is 4.74 Å². The number of methoxy groups -OCH3 is 1. The first kappa shape index (κ1) is 11.4. The van der Waals surface area contributed by atoms with Gasteiger partial charge in [-0.25, -0.2) is 0 Å². The fourth-order valence-corrected chi connectivity index (χ4v) is 1.79. The maximum absolute atomic E-state index is 11.9. The van der Waals surface area contributed by atoms with Crippen LogP contribution in [0.15, 0.2) is 53.3 Å². The zero-order valence-corrected chi connectivity index (χ0v) is 9.94. The fourth-order valence-electron chi connectivity index (χ4n) is 1.79. The third-order valence-corrected chi connectivity index (χ3v) is 2.64. The molecule has 2 aromatic rings. The van der Waals surface area contributed by atoms with Crippen molar-refractivity contribution in [2.45, 2.75) is 6.92 Å². The quantitative estimate of drug-likeness (QED) is 0.786. The summed E-state index contributed by atoms with van der Waals surface area (Å²) in [6.07, 6.45) is 0. The zero-order chi connectivity index (χ0) is 12.3. The predicted molar refractivity (Wildman–Crippen MR) is 69.4 cm³/mol. The lowest BCUT2D eigenvalue weighted by Gasteiger charge is -2.07. The Balaban J connectivity index is 2.72. The lowest BCUT2D eigenvalue weighted by atomic mass is 10.0. The average molecular weight is 226 g/mol. The van der Waals surface area contributed by atoms with Gasteiger partial charge in [-0.2, -0.15) is 0 Å². The monoisotopic (exact) mass is 226 g/mol. The summed E-state index contributed by atoms with van der Waals surface area (Å²) in [5.41, 5.74) is 2.61. The lowest BCUT2D eigenvalue weighted by molar-refractivity contribution is 0.416. The molecule has 0 N–H and O–H groups in total. The molecule has 0 heterocycles. The molecule has 0 atom stereocenters. The van der Waals surface area contributed by atoms with Crippen LogP contribution in [0.3, 0.4) is 0 Å². The molecule has 0 bridgehead atoms. The van der Waals surface area contributed by atoms with Crippen LogP contribution in [0, 0.1) is 6.92 Å². The van der Waals surface area contributed by atoms with Crippen molar-refractivity contribution in [3.63, 3.8) is 0 Å². The third-order valence-electron chi connectivity index (χ3n) is 2.64. The molecule has 0 unspecified atom stereocenters. The van der Waals surface area contributed by atoms with Crippen LogP contribution in [0.1, 0.15) is 5.56 Å².